The molecule has 3 aromatic heterocycles. The lowest BCUT2D eigenvalue weighted by Gasteiger charge is -2.27. The van der Waals surface area contributed by atoms with Gasteiger partial charge >= 0.3 is 5.69 Å². The van der Waals surface area contributed by atoms with Crippen molar-refractivity contribution in [3.63, 3.8) is 0 Å². The molecule has 0 saturated heterocycles. The predicted molar refractivity (Wildman–Crippen MR) is 154 cm³/mol. The van der Waals surface area contributed by atoms with Crippen molar-refractivity contribution < 1.29 is 18.8 Å². The predicted octanol–water partition coefficient (Wildman–Crippen LogP) is 2.47. The standard InChI is InChI=1S/C27H29FN8O5S/c1-15(2)32-25(38)27(4,5)35-22(37)21-16(3)23(36-30-10-11-31-36)42-24(21)34(26(35)39)14-19(33-41-12-9-29)18-13-17(28)7-8-20(18)40-6/h7-8,10-11,13,15H,12,14H2,1-6H3,(H,32,38)/b33-19-. The second kappa shape index (κ2) is 12.0. The van der Waals surface area contributed by atoms with Crippen LogP contribution >= 0.6 is 11.3 Å². The number of fused-ring (bicyclic) bond motifs is 1. The Hall–Kier alpha value is -4.84. The van der Waals surface area contributed by atoms with Crippen molar-refractivity contribution in [1.82, 2.24) is 29.4 Å². The van der Waals surface area contributed by atoms with E-state index in [1.807, 2.05) is 0 Å². The van der Waals surface area contributed by atoms with Gasteiger partial charge in [-0.1, -0.05) is 16.5 Å². The van der Waals surface area contributed by atoms with Crippen molar-refractivity contribution >= 4 is 33.2 Å². The highest BCUT2D eigenvalue weighted by molar-refractivity contribution is 7.21. The third-order valence-electron chi connectivity index (χ3n) is 6.41. The molecule has 0 unspecified atom stereocenters. The number of carbonyl (C=O) groups excluding carboxylic acids is 1. The highest BCUT2D eigenvalue weighted by Crippen LogP contribution is 2.31. The first-order valence-electron chi connectivity index (χ1n) is 12.8. The molecular formula is C27H29FN8O5S. The molecule has 4 aromatic rings. The number of rotatable bonds is 10. The molecule has 1 aromatic carbocycles. The number of methoxy groups -OCH3 is 1. The molecule has 0 aliphatic carbocycles. The molecular weight excluding hydrogens is 567 g/mol. The third kappa shape index (κ3) is 5.53. The summed E-state index contributed by atoms with van der Waals surface area (Å²) in [7, 11) is 1.39. The van der Waals surface area contributed by atoms with Crippen LogP contribution in [-0.2, 0) is 21.7 Å². The normalized spacial score (nSPS) is 12.0. The maximum atomic E-state index is 14.4. The van der Waals surface area contributed by atoms with E-state index in [-0.39, 0.29) is 39.8 Å². The van der Waals surface area contributed by atoms with Crippen molar-refractivity contribution in [2.75, 3.05) is 13.7 Å². The molecule has 220 valence electrons. The van der Waals surface area contributed by atoms with Crippen LogP contribution in [0.4, 0.5) is 4.39 Å². The van der Waals surface area contributed by atoms with Gasteiger partial charge in [0.1, 0.15) is 38.7 Å². The number of carbonyl (C=O) groups is 1. The van der Waals surface area contributed by atoms with Gasteiger partial charge in [-0.3, -0.25) is 14.2 Å². The number of nitrogens with one attached hydrogen (secondary N) is 1. The second-order valence-corrected chi connectivity index (χ2v) is 11.0. The van der Waals surface area contributed by atoms with Gasteiger partial charge in [-0.25, -0.2) is 13.8 Å². The summed E-state index contributed by atoms with van der Waals surface area (Å²) in [6.45, 7) is 7.42. The number of aromatic nitrogens is 5. The molecule has 4 rings (SSSR count). The molecule has 0 fully saturated rings. The summed E-state index contributed by atoms with van der Waals surface area (Å²) in [6, 6.07) is 5.29. The Morgan fingerprint density at radius 3 is 2.57 bits per heavy atom. The van der Waals surface area contributed by atoms with Crippen molar-refractivity contribution in [2.45, 2.75) is 52.7 Å². The van der Waals surface area contributed by atoms with E-state index in [0.29, 0.717) is 10.6 Å². The fraction of sp³-hybridized carbons (Fsp3) is 0.370. The van der Waals surface area contributed by atoms with Crippen LogP contribution < -0.4 is 21.3 Å². The number of amides is 1. The lowest BCUT2D eigenvalue weighted by molar-refractivity contribution is -0.129. The summed E-state index contributed by atoms with van der Waals surface area (Å²) in [5, 5.41) is 24.8. The zero-order valence-corrected chi connectivity index (χ0v) is 24.7. The highest BCUT2D eigenvalue weighted by Gasteiger charge is 2.36. The van der Waals surface area contributed by atoms with E-state index in [9.17, 15) is 18.8 Å². The minimum atomic E-state index is -1.61. The number of nitriles is 1. The molecule has 0 radical (unpaired) electrons. The second-order valence-electron chi connectivity index (χ2n) is 10.0. The van der Waals surface area contributed by atoms with Gasteiger partial charge in [-0.2, -0.15) is 15.5 Å². The summed E-state index contributed by atoms with van der Waals surface area (Å²) in [5.74, 6) is -0.914. The van der Waals surface area contributed by atoms with E-state index in [0.717, 1.165) is 22.0 Å². The fourth-order valence-corrected chi connectivity index (χ4v) is 5.59. The first-order chi connectivity index (χ1) is 19.9. The Bertz CT molecular complexity index is 1830. The van der Waals surface area contributed by atoms with Crippen molar-refractivity contribution in [1.29, 1.82) is 5.26 Å². The first-order valence-corrected chi connectivity index (χ1v) is 13.6. The molecule has 3 heterocycles. The van der Waals surface area contributed by atoms with Crippen molar-refractivity contribution in [3.8, 4) is 16.8 Å². The number of nitrogens with zero attached hydrogens (tertiary/aromatic N) is 7. The molecule has 42 heavy (non-hydrogen) atoms. The van der Waals surface area contributed by atoms with Gasteiger partial charge in [-0.05, 0) is 52.8 Å². The average Bonchev–Trinajstić information content (AvgIpc) is 3.58. The molecule has 13 nitrogen and oxygen atoms in total. The summed E-state index contributed by atoms with van der Waals surface area (Å²) in [4.78, 5) is 48.2. The molecule has 0 saturated carbocycles. The number of hydrogen-bond donors (Lipinski definition) is 1. The fourth-order valence-electron chi connectivity index (χ4n) is 4.38. The Labute approximate surface area is 243 Å². The number of benzene rings is 1. The van der Waals surface area contributed by atoms with E-state index in [4.69, 9.17) is 14.8 Å². The van der Waals surface area contributed by atoms with E-state index >= 15 is 0 Å². The van der Waals surface area contributed by atoms with Gasteiger partial charge in [0.15, 0.2) is 0 Å². The number of aryl methyl sites for hydroxylation is 1. The maximum Gasteiger partial charge on any atom is 0.333 e. The molecule has 1 N–H and O–H groups in total. The van der Waals surface area contributed by atoms with E-state index in [1.165, 1.54) is 54.8 Å². The molecule has 0 aliphatic rings. The molecule has 0 atom stereocenters. The van der Waals surface area contributed by atoms with E-state index in [1.54, 1.807) is 26.8 Å². The molecule has 0 aliphatic heterocycles. The Balaban J connectivity index is 2.07. The minimum absolute atomic E-state index is 0.0319. The zero-order valence-electron chi connectivity index (χ0n) is 23.8. The van der Waals surface area contributed by atoms with Gasteiger partial charge in [0.2, 0.25) is 12.5 Å². The van der Waals surface area contributed by atoms with Crippen molar-refractivity contribution in [3.05, 3.63) is 68.4 Å². The molecule has 15 heteroatoms. The number of halogens is 1. The van der Waals surface area contributed by atoms with Crippen LogP contribution in [0.5, 0.6) is 5.75 Å². The monoisotopic (exact) mass is 596 g/mol. The average molecular weight is 597 g/mol. The Morgan fingerprint density at radius 1 is 1.26 bits per heavy atom. The van der Waals surface area contributed by atoms with Gasteiger partial charge < -0.3 is 14.9 Å². The number of hydrogen-bond acceptors (Lipinski definition) is 10. The third-order valence-corrected chi connectivity index (χ3v) is 7.69. The molecule has 0 bridgehead atoms. The van der Waals surface area contributed by atoms with Crippen molar-refractivity contribution in [2.24, 2.45) is 5.16 Å². The summed E-state index contributed by atoms with van der Waals surface area (Å²) >= 11 is 1.09. The zero-order chi connectivity index (χ0) is 30.8. The van der Waals surface area contributed by atoms with Crippen LogP contribution in [0, 0.1) is 24.1 Å². The lowest BCUT2D eigenvalue weighted by atomic mass is 10.0. The topological polar surface area (TPSA) is 158 Å². The molecule has 1 amide bonds. The van der Waals surface area contributed by atoms with E-state index < -0.39 is 35.1 Å². The summed E-state index contributed by atoms with van der Waals surface area (Å²) < 4.78 is 22.0. The van der Waals surface area contributed by atoms with Gasteiger partial charge in [0, 0.05) is 17.2 Å². The summed E-state index contributed by atoms with van der Waals surface area (Å²) in [6.07, 6.45) is 2.95. The summed E-state index contributed by atoms with van der Waals surface area (Å²) in [5.41, 5.74) is -2.43. The van der Waals surface area contributed by atoms with Crippen LogP contribution in [0.1, 0.15) is 38.8 Å². The van der Waals surface area contributed by atoms with Crippen LogP contribution in [-0.4, -0.2) is 55.5 Å². The largest absolute Gasteiger partial charge is 0.496 e. The first kappa shape index (κ1) is 30.1. The quantitative estimate of drug-likeness (QED) is 0.166. The molecule has 0 spiro atoms. The smallest absolute Gasteiger partial charge is 0.333 e. The van der Waals surface area contributed by atoms with Crippen LogP contribution in [0.25, 0.3) is 15.2 Å². The minimum Gasteiger partial charge on any atom is -0.496 e. The SMILES string of the molecule is COc1ccc(F)cc1/C(Cn1c(=O)n(C(C)(C)C(=O)NC(C)C)c(=O)c2c(C)c(-n3nccn3)sc21)=N\OCC#N. The van der Waals surface area contributed by atoms with Gasteiger partial charge in [-0.15, -0.1) is 4.80 Å². The number of oxime groups is 1. The van der Waals surface area contributed by atoms with E-state index in [2.05, 4.69) is 20.7 Å². The van der Waals surface area contributed by atoms with Gasteiger partial charge in [0.25, 0.3) is 5.56 Å². The van der Waals surface area contributed by atoms with Crippen LogP contribution in [0.15, 0.2) is 45.3 Å². The van der Waals surface area contributed by atoms with Gasteiger partial charge in [0.05, 0.1) is 31.4 Å². The highest BCUT2D eigenvalue weighted by atomic mass is 32.1. The number of ether oxygens (including phenoxy) is 1. The van der Waals surface area contributed by atoms with Crippen LogP contribution in [0.3, 0.4) is 0 Å². The van der Waals surface area contributed by atoms with Crippen LogP contribution in [0.2, 0.25) is 0 Å². The number of thiophene rings is 1. The maximum absolute atomic E-state index is 14.4. The lowest BCUT2D eigenvalue weighted by Crippen LogP contribution is -2.56. The Morgan fingerprint density at radius 2 is 1.95 bits per heavy atom. The Kier molecular flexibility index (Phi) is 8.57.